The Morgan fingerprint density at radius 3 is 2.33 bits per heavy atom. The molecule has 1 rings (SSSR count). The van der Waals surface area contributed by atoms with Crippen LogP contribution in [0.5, 0.6) is 0 Å². The van der Waals surface area contributed by atoms with Gasteiger partial charge in [-0.05, 0) is 18.2 Å². The van der Waals surface area contributed by atoms with Crippen molar-refractivity contribution in [3.8, 4) is 0 Å². The molecule has 0 aliphatic carbocycles. The number of hydrogen-bond acceptors (Lipinski definition) is 2. The minimum absolute atomic E-state index is 0.819. The molecule has 0 aliphatic rings. The summed E-state index contributed by atoms with van der Waals surface area (Å²) in [5.41, 5.74) is 0. The number of carbonyl (C=O) groups is 1. The zero-order chi connectivity index (χ0) is 9.40. The topological polar surface area (TPSA) is 50.4 Å². The van der Waals surface area contributed by atoms with Gasteiger partial charge >= 0.3 is 5.97 Å². The van der Waals surface area contributed by atoms with Crippen molar-refractivity contribution in [2.24, 2.45) is 0 Å². The first-order valence-electron chi connectivity index (χ1n) is 3.22. The van der Waals surface area contributed by atoms with E-state index in [1.54, 1.807) is 12.3 Å². The highest BCUT2D eigenvalue weighted by atomic mass is 16.4. The molecular weight excluding hydrogens is 156 g/mol. The van der Waals surface area contributed by atoms with Crippen LogP contribution in [0.25, 0.3) is 6.08 Å². The molecule has 0 amide bonds. The molecule has 0 unspecified atom stereocenters. The smallest absolute Gasteiger partial charge is 0.327 e. The van der Waals surface area contributed by atoms with Gasteiger partial charge in [0.05, 0.1) is 6.26 Å². The van der Waals surface area contributed by atoms with E-state index in [4.69, 9.17) is 9.52 Å². The van der Waals surface area contributed by atoms with E-state index in [-0.39, 0.29) is 0 Å². The minimum Gasteiger partial charge on any atom is -0.478 e. The van der Waals surface area contributed by atoms with Gasteiger partial charge in [-0.25, -0.2) is 4.79 Å². The highest BCUT2D eigenvalue weighted by Crippen LogP contribution is 1.98. The highest BCUT2D eigenvalue weighted by Gasteiger charge is 1.80. The molecule has 1 aromatic rings. The molecular formula is C9H10O3. The standard InChI is InChI=1S/C6H6O.C3H4O2/c1-2-6-4-3-5-7-6;1-2-3(4)5/h2-5H,1H2;2H,1H2,(H,4,5). The van der Waals surface area contributed by atoms with E-state index >= 15 is 0 Å². The summed E-state index contributed by atoms with van der Waals surface area (Å²) in [7, 11) is 0. The van der Waals surface area contributed by atoms with E-state index in [9.17, 15) is 4.79 Å². The van der Waals surface area contributed by atoms with Crippen LogP contribution in [0.3, 0.4) is 0 Å². The summed E-state index contributed by atoms with van der Waals surface area (Å²) >= 11 is 0. The fourth-order valence-electron chi connectivity index (χ4n) is 0.407. The Morgan fingerprint density at radius 1 is 1.58 bits per heavy atom. The quantitative estimate of drug-likeness (QED) is 0.685. The van der Waals surface area contributed by atoms with Crippen molar-refractivity contribution in [3.05, 3.63) is 43.4 Å². The molecule has 64 valence electrons. The first kappa shape index (κ1) is 10.2. The second kappa shape index (κ2) is 5.97. The second-order valence-corrected chi connectivity index (χ2v) is 1.76. The van der Waals surface area contributed by atoms with E-state index < -0.39 is 5.97 Å². The molecule has 3 heteroatoms. The first-order valence-corrected chi connectivity index (χ1v) is 3.22. The maximum atomic E-state index is 9.25. The van der Waals surface area contributed by atoms with Crippen LogP contribution in [0.2, 0.25) is 0 Å². The number of rotatable bonds is 2. The van der Waals surface area contributed by atoms with Crippen molar-refractivity contribution in [3.63, 3.8) is 0 Å². The lowest BCUT2D eigenvalue weighted by atomic mass is 10.5. The van der Waals surface area contributed by atoms with Crippen molar-refractivity contribution in [2.45, 2.75) is 0 Å². The van der Waals surface area contributed by atoms with E-state index in [0.29, 0.717) is 0 Å². The number of carboxylic acid groups (broad SMARTS) is 1. The van der Waals surface area contributed by atoms with Crippen LogP contribution in [0.1, 0.15) is 5.76 Å². The van der Waals surface area contributed by atoms with Crippen molar-refractivity contribution >= 4 is 12.0 Å². The predicted molar refractivity (Wildman–Crippen MR) is 46.6 cm³/mol. The third-order valence-electron chi connectivity index (χ3n) is 0.919. The van der Waals surface area contributed by atoms with Crippen LogP contribution in [0, 0.1) is 0 Å². The van der Waals surface area contributed by atoms with Crippen molar-refractivity contribution < 1.29 is 14.3 Å². The molecule has 12 heavy (non-hydrogen) atoms. The SMILES string of the molecule is C=CC(=O)O.C=Cc1ccco1. The van der Waals surface area contributed by atoms with E-state index in [2.05, 4.69) is 13.2 Å². The molecule has 1 aromatic heterocycles. The molecule has 0 spiro atoms. The average molecular weight is 166 g/mol. The van der Waals surface area contributed by atoms with Gasteiger partial charge in [0.1, 0.15) is 5.76 Å². The Kier molecular flexibility index (Phi) is 5.09. The predicted octanol–water partition coefficient (Wildman–Crippen LogP) is 2.18. The van der Waals surface area contributed by atoms with Crippen molar-refractivity contribution in [1.29, 1.82) is 0 Å². The van der Waals surface area contributed by atoms with Crippen LogP contribution >= 0.6 is 0 Å². The molecule has 0 saturated heterocycles. The van der Waals surface area contributed by atoms with Crippen molar-refractivity contribution in [2.75, 3.05) is 0 Å². The van der Waals surface area contributed by atoms with E-state index in [1.807, 2.05) is 12.1 Å². The van der Waals surface area contributed by atoms with Gasteiger partial charge in [-0.1, -0.05) is 13.2 Å². The fraction of sp³-hybridized carbons (Fsp3) is 0. The van der Waals surface area contributed by atoms with Crippen LogP contribution in [0.15, 0.2) is 42.0 Å². The molecule has 0 aromatic carbocycles. The summed E-state index contributed by atoms with van der Waals surface area (Å²) in [6, 6.07) is 3.68. The summed E-state index contributed by atoms with van der Waals surface area (Å²) in [6.07, 6.45) is 4.12. The van der Waals surface area contributed by atoms with Gasteiger partial charge in [0.2, 0.25) is 0 Å². The average Bonchev–Trinajstić information content (AvgIpc) is 2.57. The van der Waals surface area contributed by atoms with E-state index in [0.717, 1.165) is 11.8 Å². The normalized spacial score (nSPS) is 7.67. The first-order chi connectivity index (χ1) is 5.70. The number of hydrogen-bond donors (Lipinski definition) is 1. The third-order valence-corrected chi connectivity index (χ3v) is 0.919. The largest absolute Gasteiger partial charge is 0.478 e. The van der Waals surface area contributed by atoms with Crippen molar-refractivity contribution in [1.82, 2.24) is 0 Å². The summed E-state index contributed by atoms with van der Waals surface area (Å²) < 4.78 is 4.86. The Labute approximate surface area is 70.6 Å². The lowest BCUT2D eigenvalue weighted by Crippen LogP contribution is -1.82. The molecule has 0 bridgehead atoms. The van der Waals surface area contributed by atoms with Gasteiger partial charge in [0, 0.05) is 6.08 Å². The number of carboxylic acids is 1. The summed E-state index contributed by atoms with van der Waals surface area (Å²) in [6.45, 7) is 6.47. The molecule has 0 fully saturated rings. The molecule has 0 radical (unpaired) electrons. The van der Waals surface area contributed by atoms with Gasteiger partial charge < -0.3 is 9.52 Å². The second-order valence-electron chi connectivity index (χ2n) is 1.76. The molecule has 1 N–H and O–H groups in total. The van der Waals surface area contributed by atoms with Crippen LogP contribution < -0.4 is 0 Å². The third kappa shape index (κ3) is 5.05. The van der Waals surface area contributed by atoms with Gasteiger partial charge in [-0.2, -0.15) is 0 Å². The fourth-order valence-corrected chi connectivity index (χ4v) is 0.407. The maximum absolute atomic E-state index is 9.25. The zero-order valence-corrected chi connectivity index (χ0v) is 6.56. The highest BCUT2D eigenvalue weighted by molar-refractivity contribution is 5.78. The van der Waals surface area contributed by atoms with E-state index in [1.165, 1.54) is 0 Å². The summed E-state index contributed by atoms with van der Waals surface area (Å²) in [4.78, 5) is 9.25. The van der Waals surface area contributed by atoms with Crippen LogP contribution in [-0.4, -0.2) is 11.1 Å². The molecule has 0 saturated carbocycles. The van der Waals surface area contributed by atoms with Crippen LogP contribution in [0.4, 0.5) is 0 Å². The van der Waals surface area contributed by atoms with Gasteiger partial charge in [0.15, 0.2) is 0 Å². The van der Waals surface area contributed by atoms with Gasteiger partial charge in [0.25, 0.3) is 0 Å². The molecule has 1 heterocycles. The zero-order valence-electron chi connectivity index (χ0n) is 6.56. The van der Waals surface area contributed by atoms with Gasteiger partial charge in [-0.3, -0.25) is 0 Å². The lowest BCUT2D eigenvalue weighted by Gasteiger charge is -1.73. The Balaban J connectivity index is 0.000000217. The number of furan rings is 1. The monoisotopic (exact) mass is 166 g/mol. The Bertz CT molecular complexity index is 247. The Morgan fingerprint density at radius 2 is 2.17 bits per heavy atom. The maximum Gasteiger partial charge on any atom is 0.327 e. The van der Waals surface area contributed by atoms with Crippen LogP contribution in [-0.2, 0) is 4.79 Å². The molecule has 0 aliphatic heterocycles. The molecule has 3 nitrogen and oxygen atoms in total. The summed E-state index contributed by atoms with van der Waals surface area (Å²) in [5.74, 6) is -0.162. The summed E-state index contributed by atoms with van der Waals surface area (Å²) in [5, 5.41) is 7.60. The lowest BCUT2D eigenvalue weighted by molar-refractivity contribution is -0.131. The molecule has 0 atom stereocenters. The van der Waals surface area contributed by atoms with Gasteiger partial charge in [-0.15, -0.1) is 0 Å². The Hall–Kier alpha value is -1.77. The number of aliphatic carboxylic acids is 1. The minimum atomic E-state index is -0.981.